The minimum atomic E-state index is -3.47. The fraction of sp³-hybridized carbons (Fsp3) is 0.467. The predicted molar refractivity (Wildman–Crippen MR) is 82.6 cm³/mol. The number of carboxylic acid groups (broad SMARTS) is 1. The van der Waals surface area contributed by atoms with Crippen LogP contribution in [-0.2, 0) is 14.6 Å². The van der Waals surface area contributed by atoms with Crippen molar-refractivity contribution in [3.05, 3.63) is 29.8 Å². The minimum absolute atomic E-state index is 0.00406. The highest BCUT2D eigenvalue weighted by molar-refractivity contribution is 7.91. The summed E-state index contributed by atoms with van der Waals surface area (Å²) in [6.45, 7) is 2.08. The van der Waals surface area contributed by atoms with Gasteiger partial charge in [0.2, 0.25) is 0 Å². The summed E-state index contributed by atoms with van der Waals surface area (Å²) in [4.78, 5) is 22.5. The van der Waals surface area contributed by atoms with Gasteiger partial charge in [-0.15, -0.1) is 0 Å². The Kier molecular flexibility index (Phi) is 7.04. The van der Waals surface area contributed by atoms with Gasteiger partial charge in [0.05, 0.1) is 16.2 Å². The second-order valence-electron chi connectivity index (χ2n) is 4.92. The number of carboxylic acids is 1. The van der Waals surface area contributed by atoms with Gasteiger partial charge < -0.3 is 10.4 Å². The van der Waals surface area contributed by atoms with E-state index in [1.165, 1.54) is 12.1 Å². The molecule has 0 aliphatic carbocycles. The third kappa shape index (κ3) is 5.48. The van der Waals surface area contributed by atoms with E-state index >= 15 is 0 Å². The molecule has 0 saturated heterocycles. The minimum Gasteiger partial charge on any atom is -0.481 e. The summed E-state index contributed by atoms with van der Waals surface area (Å²) in [6, 6.07) is 6.12. The summed E-state index contributed by atoms with van der Waals surface area (Å²) < 4.78 is 24.3. The largest absolute Gasteiger partial charge is 0.481 e. The Morgan fingerprint density at radius 3 is 2.50 bits per heavy atom. The number of hydrogen-bond acceptors (Lipinski definition) is 4. The number of nitrogens with one attached hydrogen (secondary N) is 1. The van der Waals surface area contributed by atoms with E-state index in [-0.39, 0.29) is 22.6 Å². The van der Waals surface area contributed by atoms with Crippen molar-refractivity contribution in [1.29, 1.82) is 0 Å². The molecule has 2 N–H and O–H groups in total. The first-order valence-electron chi connectivity index (χ1n) is 7.20. The first-order valence-corrected chi connectivity index (χ1v) is 8.85. The van der Waals surface area contributed by atoms with Gasteiger partial charge in [-0.25, -0.2) is 8.42 Å². The van der Waals surface area contributed by atoms with E-state index in [1.807, 2.05) is 0 Å². The van der Waals surface area contributed by atoms with Crippen molar-refractivity contribution in [2.45, 2.75) is 37.5 Å². The number of benzene rings is 1. The van der Waals surface area contributed by atoms with Crippen LogP contribution in [-0.4, -0.2) is 37.7 Å². The van der Waals surface area contributed by atoms with Crippen molar-refractivity contribution in [2.24, 2.45) is 0 Å². The molecule has 0 aliphatic heterocycles. The summed E-state index contributed by atoms with van der Waals surface area (Å²) in [7, 11) is -3.47. The van der Waals surface area contributed by atoms with Crippen LogP contribution in [0, 0.1) is 0 Å². The van der Waals surface area contributed by atoms with Crippen molar-refractivity contribution in [3.8, 4) is 0 Å². The van der Waals surface area contributed by atoms with Crippen molar-refractivity contribution in [1.82, 2.24) is 5.32 Å². The summed E-state index contributed by atoms with van der Waals surface area (Å²) in [5.41, 5.74) is 0.134. The molecule has 0 fully saturated rings. The molecule has 0 bridgehead atoms. The molecule has 0 heterocycles. The molecule has 0 saturated carbocycles. The maximum absolute atomic E-state index is 12.2. The molecule has 0 aliphatic rings. The van der Waals surface area contributed by atoms with Crippen molar-refractivity contribution in [3.63, 3.8) is 0 Å². The zero-order chi connectivity index (χ0) is 16.6. The van der Waals surface area contributed by atoms with Gasteiger partial charge in [-0.3, -0.25) is 9.59 Å². The third-order valence-electron chi connectivity index (χ3n) is 3.04. The Morgan fingerprint density at radius 1 is 1.18 bits per heavy atom. The lowest BCUT2D eigenvalue weighted by Gasteiger charge is -2.10. The van der Waals surface area contributed by atoms with Crippen LogP contribution in [0.5, 0.6) is 0 Å². The molecule has 0 atom stereocenters. The first-order chi connectivity index (χ1) is 10.4. The van der Waals surface area contributed by atoms with E-state index in [1.54, 1.807) is 19.1 Å². The molecule has 1 aromatic rings. The average molecular weight is 327 g/mol. The summed E-state index contributed by atoms with van der Waals surface area (Å²) >= 11 is 0. The highest BCUT2D eigenvalue weighted by Crippen LogP contribution is 2.17. The second kappa shape index (κ2) is 8.53. The van der Waals surface area contributed by atoms with Gasteiger partial charge in [-0.2, -0.15) is 0 Å². The molecule has 1 amide bonds. The van der Waals surface area contributed by atoms with Gasteiger partial charge in [0.25, 0.3) is 5.91 Å². The van der Waals surface area contributed by atoms with Crippen LogP contribution in [0.2, 0.25) is 0 Å². The van der Waals surface area contributed by atoms with Gasteiger partial charge >= 0.3 is 5.97 Å². The smallest absolute Gasteiger partial charge is 0.303 e. The van der Waals surface area contributed by atoms with Crippen LogP contribution in [0.4, 0.5) is 0 Å². The van der Waals surface area contributed by atoms with Crippen LogP contribution < -0.4 is 5.32 Å². The standard InChI is InChI=1S/C15H21NO5S/c1-2-11-22(20,21)13-8-4-3-7-12(13)15(19)16-10-6-5-9-14(17)18/h3-4,7-8H,2,5-6,9-11H2,1H3,(H,16,19)(H,17,18). The van der Waals surface area contributed by atoms with E-state index in [4.69, 9.17) is 5.11 Å². The highest BCUT2D eigenvalue weighted by atomic mass is 32.2. The van der Waals surface area contributed by atoms with Gasteiger partial charge in [0.15, 0.2) is 9.84 Å². The molecular weight excluding hydrogens is 306 g/mol. The fourth-order valence-electron chi connectivity index (χ4n) is 2.00. The molecular formula is C15H21NO5S. The van der Waals surface area contributed by atoms with Gasteiger partial charge in [-0.1, -0.05) is 19.1 Å². The number of carbonyl (C=O) groups excluding carboxylic acids is 1. The van der Waals surface area contributed by atoms with Crippen LogP contribution in [0.25, 0.3) is 0 Å². The van der Waals surface area contributed by atoms with E-state index in [2.05, 4.69) is 5.32 Å². The molecule has 22 heavy (non-hydrogen) atoms. The van der Waals surface area contributed by atoms with Gasteiger partial charge in [-0.05, 0) is 31.4 Å². The Morgan fingerprint density at radius 2 is 1.86 bits per heavy atom. The number of rotatable bonds is 9. The molecule has 0 aromatic heterocycles. The number of carbonyl (C=O) groups is 2. The van der Waals surface area contributed by atoms with Crippen LogP contribution in [0.15, 0.2) is 29.2 Å². The highest BCUT2D eigenvalue weighted by Gasteiger charge is 2.21. The zero-order valence-corrected chi connectivity index (χ0v) is 13.4. The summed E-state index contributed by atoms with van der Waals surface area (Å²) in [6.07, 6.45) is 1.53. The second-order valence-corrected chi connectivity index (χ2v) is 7.00. The van der Waals surface area contributed by atoms with Crippen molar-refractivity contribution < 1.29 is 23.1 Å². The van der Waals surface area contributed by atoms with Crippen molar-refractivity contribution >= 4 is 21.7 Å². The maximum Gasteiger partial charge on any atom is 0.303 e. The molecule has 0 spiro atoms. The van der Waals surface area contributed by atoms with Crippen LogP contribution >= 0.6 is 0 Å². The number of unbranched alkanes of at least 4 members (excludes halogenated alkanes) is 1. The van der Waals surface area contributed by atoms with E-state index in [0.717, 1.165) is 0 Å². The molecule has 1 aromatic carbocycles. The topological polar surface area (TPSA) is 101 Å². The molecule has 122 valence electrons. The van der Waals surface area contributed by atoms with Crippen molar-refractivity contribution in [2.75, 3.05) is 12.3 Å². The molecule has 1 rings (SSSR count). The lowest BCUT2D eigenvalue weighted by atomic mass is 10.2. The monoisotopic (exact) mass is 327 g/mol. The predicted octanol–water partition coefficient (Wildman–Crippen LogP) is 1.86. The average Bonchev–Trinajstić information content (AvgIpc) is 2.46. The summed E-state index contributed by atoms with van der Waals surface area (Å²) in [5.74, 6) is -1.33. The lowest BCUT2D eigenvalue weighted by molar-refractivity contribution is -0.137. The molecule has 0 radical (unpaired) electrons. The Labute approximate surface area is 130 Å². The Hall–Kier alpha value is -1.89. The molecule has 0 unspecified atom stereocenters. The quantitative estimate of drug-likeness (QED) is 0.674. The van der Waals surface area contributed by atoms with E-state index in [0.29, 0.717) is 25.8 Å². The third-order valence-corrected chi connectivity index (χ3v) is 5.01. The SMILES string of the molecule is CCCS(=O)(=O)c1ccccc1C(=O)NCCCCC(=O)O. The van der Waals surface area contributed by atoms with Crippen LogP contribution in [0.1, 0.15) is 43.0 Å². The normalized spacial score (nSPS) is 11.1. The summed E-state index contributed by atoms with van der Waals surface area (Å²) in [5, 5.41) is 11.2. The van der Waals surface area contributed by atoms with Gasteiger partial charge in [0, 0.05) is 13.0 Å². The Bertz CT molecular complexity index is 625. The van der Waals surface area contributed by atoms with Gasteiger partial charge in [0.1, 0.15) is 0 Å². The first kappa shape index (κ1) is 18.2. The Balaban J connectivity index is 2.72. The number of hydrogen-bond donors (Lipinski definition) is 2. The molecule has 6 nitrogen and oxygen atoms in total. The number of sulfone groups is 1. The van der Waals surface area contributed by atoms with E-state index in [9.17, 15) is 18.0 Å². The van der Waals surface area contributed by atoms with E-state index < -0.39 is 21.7 Å². The molecule has 7 heteroatoms. The number of aliphatic carboxylic acids is 1. The zero-order valence-electron chi connectivity index (χ0n) is 12.5. The van der Waals surface area contributed by atoms with Crippen LogP contribution in [0.3, 0.4) is 0 Å². The fourth-order valence-corrected chi connectivity index (χ4v) is 3.54. The number of amides is 1. The lowest BCUT2D eigenvalue weighted by Crippen LogP contribution is -2.26. The maximum atomic E-state index is 12.2.